The van der Waals surface area contributed by atoms with Crippen LogP contribution in [-0.2, 0) is 17.6 Å². The van der Waals surface area contributed by atoms with Gasteiger partial charge in [-0.25, -0.2) is 4.79 Å². The number of ether oxygens (including phenoxy) is 2. The molecular weight excluding hydrogens is 402 g/mol. The average Bonchev–Trinajstić information content (AvgIpc) is 3.24. The monoisotopic (exact) mass is 427 g/mol. The Balaban J connectivity index is 1.67. The molecule has 1 aliphatic carbocycles. The zero-order chi connectivity index (χ0) is 21.1. The third-order valence-electron chi connectivity index (χ3n) is 5.16. The molecule has 0 saturated carbocycles. The van der Waals surface area contributed by atoms with Gasteiger partial charge in [0.1, 0.15) is 5.00 Å². The molecule has 3 aromatic rings. The minimum atomic E-state index is -0.393. The summed E-state index contributed by atoms with van der Waals surface area (Å²) in [5, 5.41) is 4.23. The largest absolute Gasteiger partial charge is 0.490 e. The standard InChI is InChI=1S/C23H25NO5S/c1-3-27-16-11-8-9-14-13-17(29-20(14)16)21(25)24-22-19(23(26)28-4-2)15-10-6-5-7-12-18(15)30-22/h8-9,11,13H,3-7,10,12H2,1-2H3,(H,24,25). The summed E-state index contributed by atoms with van der Waals surface area (Å²) in [5.41, 5.74) is 2.06. The number of aryl methyl sites for hydroxylation is 1. The number of amides is 1. The number of hydrogen-bond acceptors (Lipinski definition) is 6. The number of furan rings is 1. The molecule has 7 heteroatoms. The van der Waals surface area contributed by atoms with Crippen LogP contribution in [0.25, 0.3) is 11.0 Å². The summed E-state index contributed by atoms with van der Waals surface area (Å²) < 4.78 is 16.7. The van der Waals surface area contributed by atoms with Gasteiger partial charge >= 0.3 is 5.97 Å². The van der Waals surface area contributed by atoms with Crippen molar-refractivity contribution in [2.75, 3.05) is 18.5 Å². The first-order valence-corrected chi connectivity index (χ1v) is 11.2. The minimum absolute atomic E-state index is 0.176. The highest BCUT2D eigenvalue weighted by molar-refractivity contribution is 7.17. The van der Waals surface area contributed by atoms with E-state index in [1.54, 1.807) is 13.0 Å². The molecule has 0 radical (unpaired) electrons. The molecule has 6 nitrogen and oxygen atoms in total. The molecule has 1 amide bonds. The van der Waals surface area contributed by atoms with Crippen molar-refractivity contribution in [1.29, 1.82) is 0 Å². The predicted octanol–water partition coefficient (Wildman–Crippen LogP) is 5.59. The van der Waals surface area contributed by atoms with E-state index in [9.17, 15) is 9.59 Å². The number of thiophene rings is 1. The van der Waals surface area contributed by atoms with Crippen LogP contribution in [0.3, 0.4) is 0 Å². The molecule has 2 aromatic heterocycles. The van der Waals surface area contributed by atoms with Crippen molar-refractivity contribution in [1.82, 2.24) is 0 Å². The molecule has 1 aliphatic rings. The summed E-state index contributed by atoms with van der Waals surface area (Å²) in [6.45, 7) is 4.48. The summed E-state index contributed by atoms with van der Waals surface area (Å²) in [4.78, 5) is 26.8. The summed E-state index contributed by atoms with van der Waals surface area (Å²) >= 11 is 1.47. The van der Waals surface area contributed by atoms with Crippen LogP contribution < -0.4 is 10.1 Å². The number of para-hydroxylation sites is 1. The Morgan fingerprint density at radius 1 is 1.13 bits per heavy atom. The van der Waals surface area contributed by atoms with Crippen molar-refractivity contribution in [3.8, 4) is 5.75 Å². The molecule has 1 aromatic carbocycles. The van der Waals surface area contributed by atoms with E-state index in [0.29, 0.717) is 35.1 Å². The molecule has 0 atom stereocenters. The van der Waals surface area contributed by atoms with Crippen LogP contribution in [0, 0.1) is 0 Å². The summed E-state index contributed by atoms with van der Waals surface area (Å²) in [6.07, 6.45) is 5.02. The zero-order valence-electron chi connectivity index (χ0n) is 17.2. The van der Waals surface area contributed by atoms with Gasteiger partial charge in [0.05, 0.1) is 18.8 Å². The maximum Gasteiger partial charge on any atom is 0.341 e. The number of esters is 1. The Labute approximate surface area is 179 Å². The van der Waals surface area contributed by atoms with Crippen LogP contribution in [0.5, 0.6) is 5.75 Å². The lowest BCUT2D eigenvalue weighted by atomic mass is 10.1. The number of rotatable bonds is 6. The Bertz CT molecular complexity index is 1080. The molecule has 0 spiro atoms. The van der Waals surface area contributed by atoms with E-state index >= 15 is 0 Å². The predicted molar refractivity (Wildman–Crippen MR) is 117 cm³/mol. The summed E-state index contributed by atoms with van der Waals surface area (Å²) in [6, 6.07) is 7.23. The molecule has 2 heterocycles. The molecule has 0 aliphatic heterocycles. The van der Waals surface area contributed by atoms with Gasteiger partial charge in [0.2, 0.25) is 0 Å². The van der Waals surface area contributed by atoms with Gasteiger partial charge in [-0.2, -0.15) is 0 Å². The van der Waals surface area contributed by atoms with Crippen LogP contribution in [0.2, 0.25) is 0 Å². The van der Waals surface area contributed by atoms with E-state index in [1.165, 1.54) is 11.3 Å². The zero-order valence-corrected chi connectivity index (χ0v) is 18.0. The fraction of sp³-hybridized carbons (Fsp3) is 0.391. The lowest BCUT2D eigenvalue weighted by molar-refractivity contribution is 0.0527. The van der Waals surface area contributed by atoms with Crippen molar-refractivity contribution in [2.24, 2.45) is 0 Å². The van der Waals surface area contributed by atoms with Gasteiger partial charge in [-0.3, -0.25) is 4.79 Å². The molecule has 0 saturated heterocycles. The van der Waals surface area contributed by atoms with E-state index in [2.05, 4.69) is 5.32 Å². The summed E-state index contributed by atoms with van der Waals surface area (Å²) in [7, 11) is 0. The highest BCUT2D eigenvalue weighted by Crippen LogP contribution is 2.38. The number of hydrogen-bond donors (Lipinski definition) is 1. The SMILES string of the molecule is CCOC(=O)c1c(NC(=O)c2cc3cccc(OCC)c3o2)sc2c1CCCCC2. The normalized spacial score (nSPS) is 13.5. The minimum Gasteiger partial charge on any atom is -0.490 e. The van der Waals surface area contributed by atoms with Crippen molar-refractivity contribution in [2.45, 2.75) is 46.0 Å². The molecular formula is C23H25NO5S. The van der Waals surface area contributed by atoms with Gasteiger partial charge in [-0.05, 0) is 57.2 Å². The van der Waals surface area contributed by atoms with Crippen LogP contribution >= 0.6 is 11.3 Å². The molecule has 0 bridgehead atoms. The quantitative estimate of drug-likeness (QED) is 0.410. The molecule has 0 fully saturated rings. The second kappa shape index (κ2) is 8.92. The number of nitrogens with one attached hydrogen (secondary N) is 1. The smallest absolute Gasteiger partial charge is 0.341 e. The van der Waals surface area contributed by atoms with Gasteiger partial charge in [-0.1, -0.05) is 18.6 Å². The third kappa shape index (κ3) is 3.94. The molecule has 158 valence electrons. The van der Waals surface area contributed by atoms with Crippen LogP contribution in [-0.4, -0.2) is 25.1 Å². The first-order chi connectivity index (χ1) is 14.6. The Hall–Kier alpha value is -2.80. The van der Waals surface area contributed by atoms with E-state index in [4.69, 9.17) is 13.9 Å². The molecule has 4 rings (SSSR count). The van der Waals surface area contributed by atoms with Crippen LogP contribution in [0.15, 0.2) is 28.7 Å². The topological polar surface area (TPSA) is 77.8 Å². The first-order valence-electron chi connectivity index (χ1n) is 10.4. The number of anilines is 1. The fourth-order valence-corrected chi connectivity index (χ4v) is 5.10. The Morgan fingerprint density at radius 2 is 1.97 bits per heavy atom. The van der Waals surface area contributed by atoms with E-state index in [1.807, 2.05) is 25.1 Å². The van der Waals surface area contributed by atoms with Crippen molar-refractivity contribution in [3.05, 3.63) is 46.0 Å². The van der Waals surface area contributed by atoms with Crippen LogP contribution in [0.4, 0.5) is 5.00 Å². The van der Waals surface area contributed by atoms with Gasteiger partial charge in [0.15, 0.2) is 17.1 Å². The Kier molecular flexibility index (Phi) is 6.08. The van der Waals surface area contributed by atoms with Crippen molar-refractivity contribution < 1.29 is 23.5 Å². The molecule has 0 unspecified atom stereocenters. The lowest BCUT2D eigenvalue weighted by Gasteiger charge is -2.07. The number of carbonyl (C=O) groups is 2. The maximum absolute atomic E-state index is 13.0. The number of fused-ring (bicyclic) bond motifs is 2. The van der Waals surface area contributed by atoms with Gasteiger partial charge in [0.25, 0.3) is 5.91 Å². The van der Waals surface area contributed by atoms with E-state index in [-0.39, 0.29) is 11.7 Å². The van der Waals surface area contributed by atoms with E-state index < -0.39 is 5.91 Å². The maximum atomic E-state index is 13.0. The van der Waals surface area contributed by atoms with Gasteiger partial charge in [0, 0.05) is 10.3 Å². The van der Waals surface area contributed by atoms with Crippen molar-refractivity contribution >= 4 is 39.2 Å². The average molecular weight is 428 g/mol. The van der Waals surface area contributed by atoms with Gasteiger partial charge in [-0.15, -0.1) is 11.3 Å². The second-order valence-electron chi connectivity index (χ2n) is 7.16. The third-order valence-corrected chi connectivity index (χ3v) is 6.37. The second-order valence-corrected chi connectivity index (χ2v) is 8.27. The van der Waals surface area contributed by atoms with E-state index in [0.717, 1.165) is 47.9 Å². The first kappa shape index (κ1) is 20.5. The molecule has 1 N–H and O–H groups in total. The fourth-order valence-electron chi connectivity index (χ4n) is 3.83. The Morgan fingerprint density at radius 3 is 2.77 bits per heavy atom. The number of carbonyl (C=O) groups excluding carboxylic acids is 2. The summed E-state index contributed by atoms with van der Waals surface area (Å²) in [5.74, 6) is 0.00528. The highest BCUT2D eigenvalue weighted by Gasteiger charge is 2.27. The number of benzene rings is 1. The van der Waals surface area contributed by atoms with Crippen molar-refractivity contribution in [3.63, 3.8) is 0 Å². The molecule has 30 heavy (non-hydrogen) atoms. The highest BCUT2D eigenvalue weighted by atomic mass is 32.1. The lowest BCUT2D eigenvalue weighted by Crippen LogP contribution is -2.14. The van der Waals surface area contributed by atoms with Gasteiger partial charge < -0.3 is 19.2 Å². The van der Waals surface area contributed by atoms with Crippen LogP contribution in [0.1, 0.15) is 64.5 Å².